The first kappa shape index (κ1) is 15.8. The van der Waals surface area contributed by atoms with Crippen LogP contribution in [0.2, 0.25) is 0 Å². The van der Waals surface area contributed by atoms with Crippen molar-refractivity contribution in [2.24, 2.45) is 5.92 Å². The van der Waals surface area contributed by atoms with E-state index in [1.807, 2.05) is 0 Å². The Labute approximate surface area is 128 Å². The Balaban J connectivity index is 1.71. The molecule has 0 aliphatic heterocycles. The average Bonchev–Trinajstić information content (AvgIpc) is 2.91. The van der Waals surface area contributed by atoms with Crippen LogP contribution < -0.4 is 5.32 Å². The number of rotatable bonds is 7. The van der Waals surface area contributed by atoms with Crippen LogP contribution in [0.25, 0.3) is 0 Å². The summed E-state index contributed by atoms with van der Waals surface area (Å²) in [6, 6.07) is 2.68. The summed E-state index contributed by atoms with van der Waals surface area (Å²) in [4.78, 5) is 0. The van der Waals surface area contributed by atoms with Crippen LogP contribution in [0.3, 0.4) is 0 Å². The Morgan fingerprint density at radius 2 is 2.00 bits per heavy atom. The highest BCUT2D eigenvalue weighted by Gasteiger charge is 2.19. The molecule has 20 heavy (non-hydrogen) atoms. The Morgan fingerprint density at radius 3 is 2.65 bits per heavy atom. The molecule has 0 bridgehead atoms. The summed E-state index contributed by atoms with van der Waals surface area (Å²) in [7, 11) is 0. The quantitative estimate of drug-likeness (QED) is 0.767. The van der Waals surface area contributed by atoms with Gasteiger partial charge in [-0.1, -0.05) is 13.8 Å². The number of nitrogens with one attached hydrogen (secondary N) is 1. The molecular formula is C16H28ClN3. The first-order valence-corrected chi connectivity index (χ1v) is 8.55. The van der Waals surface area contributed by atoms with Crippen molar-refractivity contribution in [3.8, 4) is 0 Å². The van der Waals surface area contributed by atoms with Crippen LogP contribution in [0.5, 0.6) is 0 Å². The number of nitrogens with zero attached hydrogens (tertiary/aromatic N) is 2. The fourth-order valence-corrected chi connectivity index (χ4v) is 3.32. The Morgan fingerprint density at radius 1 is 1.30 bits per heavy atom. The van der Waals surface area contributed by atoms with Crippen LogP contribution in [0.15, 0.2) is 12.3 Å². The van der Waals surface area contributed by atoms with E-state index in [0.717, 1.165) is 37.5 Å². The van der Waals surface area contributed by atoms with Crippen LogP contribution in [-0.2, 0) is 6.54 Å². The van der Waals surface area contributed by atoms with Crippen molar-refractivity contribution >= 4 is 11.6 Å². The minimum Gasteiger partial charge on any atom is -0.311 e. The van der Waals surface area contributed by atoms with E-state index in [1.165, 1.54) is 25.7 Å². The summed E-state index contributed by atoms with van der Waals surface area (Å²) in [5.41, 5.74) is 1.16. The highest BCUT2D eigenvalue weighted by Crippen LogP contribution is 2.27. The Kier molecular flexibility index (Phi) is 6.37. The smallest absolute Gasteiger partial charge is 0.0762 e. The summed E-state index contributed by atoms with van der Waals surface area (Å²) in [6.45, 7) is 6.43. The molecule has 4 heteroatoms. The van der Waals surface area contributed by atoms with E-state index in [4.69, 9.17) is 11.6 Å². The minimum atomic E-state index is 0.418. The fourth-order valence-electron chi connectivity index (χ4n) is 3.07. The number of halogens is 1. The van der Waals surface area contributed by atoms with Crippen LogP contribution >= 0.6 is 11.6 Å². The van der Waals surface area contributed by atoms with Gasteiger partial charge >= 0.3 is 0 Å². The second-order valence-corrected chi connectivity index (χ2v) is 6.62. The molecule has 2 rings (SSSR count). The maximum absolute atomic E-state index is 6.14. The highest BCUT2D eigenvalue weighted by atomic mass is 35.5. The summed E-state index contributed by atoms with van der Waals surface area (Å²) in [5.74, 6) is 0.797. The molecule has 1 aliphatic carbocycles. The molecule has 0 amide bonds. The molecule has 1 saturated carbocycles. The molecule has 1 aromatic heterocycles. The normalized spacial score (nSPS) is 23.4. The van der Waals surface area contributed by atoms with Gasteiger partial charge in [0.15, 0.2) is 0 Å². The summed E-state index contributed by atoms with van der Waals surface area (Å²) in [5, 5.41) is 8.65. The molecule has 0 atom stereocenters. The molecule has 0 radical (unpaired) electrons. The fraction of sp³-hybridized carbons (Fsp3) is 0.812. The zero-order valence-corrected chi connectivity index (χ0v) is 13.6. The van der Waals surface area contributed by atoms with Crippen LogP contribution in [0.4, 0.5) is 0 Å². The van der Waals surface area contributed by atoms with Crippen molar-refractivity contribution in [1.82, 2.24) is 15.1 Å². The van der Waals surface area contributed by atoms with E-state index in [9.17, 15) is 0 Å². The summed E-state index contributed by atoms with van der Waals surface area (Å²) < 4.78 is 2.12. The van der Waals surface area contributed by atoms with Crippen molar-refractivity contribution in [2.45, 2.75) is 70.3 Å². The lowest BCUT2D eigenvalue weighted by Gasteiger charge is -2.24. The van der Waals surface area contributed by atoms with Crippen molar-refractivity contribution in [1.29, 1.82) is 0 Å². The van der Waals surface area contributed by atoms with E-state index in [1.54, 1.807) is 0 Å². The van der Waals surface area contributed by atoms with Gasteiger partial charge in [0.05, 0.1) is 11.7 Å². The van der Waals surface area contributed by atoms with Crippen LogP contribution in [0, 0.1) is 5.92 Å². The third-order valence-corrected chi connectivity index (χ3v) is 4.93. The number of hydrogen-bond acceptors (Lipinski definition) is 2. The molecule has 1 aromatic rings. The zero-order chi connectivity index (χ0) is 14.4. The van der Waals surface area contributed by atoms with Gasteiger partial charge in [0.25, 0.3) is 0 Å². The van der Waals surface area contributed by atoms with Gasteiger partial charge in [-0.15, -0.1) is 11.6 Å². The van der Waals surface area contributed by atoms with Gasteiger partial charge in [0.2, 0.25) is 0 Å². The first-order valence-electron chi connectivity index (χ1n) is 8.11. The third kappa shape index (κ3) is 4.49. The monoisotopic (exact) mass is 297 g/mol. The molecule has 1 fully saturated rings. The maximum Gasteiger partial charge on any atom is 0.0762 e. The summed E-state index contributed by atoms with van der Waals surface area (Å²) in [6.07, 6.45) is 9.30. The van der Waals surface area contributed by atoms with E-state index in [0.29, 0.717) is 11.4 Å². The molecule has 1 N–H and O–H groups in total. The van der Waals surface area contributed by atoms with Gasteiger partial charge in [-0.05, 0) is 57.1 Å². The lowest BCUT2D eigenvalue weighted by Crippen LogP contribution is -2.26. The van der Waals surface area contributed by atoms with Gasteiger partial charge in [-0.3, -0.25) is 4.68 Å². The largest absolute Gasteiger partial charge is 0.311 e. The van der Waals surface area contributed by atoms with Gasteiger partial charge in [-0.2, -0.15) is 5.10 Å². The minimum absolute atomic E-state index is 0.418. The topological polar surface area (TPSA) is 29.9 Å². The molecule has 0 aromatic carbocycles. The molecular weight excluding hydrogens is 270 g/mol. The second kappa shape index (κ2) is 8.04. The number of hydrogen-bond donors (Lipinski definition) is 1. The standard InChI is InChI=1S/C16H28ClN3/c1-3-16(4-2)20-10-9-15(19-20)12-18-11-13-5-7-14(17)8-6-13/h9-10,13-14,16,18H,3-8,11-12H2,1-2H3. The van der Waals surface area contributed by atoms with E-state index in [-0.39, 0.29) is 0 Å². The van der Waals surface area contributed by atoms with Crippen LogP contribution in [0.1, 0.15) is 64.1 Å². The van der Waals surface area contributed by atoms with E-state index < -0.39 is 0 Å². The van der Waals surface area contributed by atoms with Crippen molar-refractivity contribution in [3.05, 3.63) is 18.0 Å². The SMILES string of the molecule is CCC(CC)n1ccc(CNCC2CCC(Cl)CC2)n1. The lowest BCUT2D eigenvalue weighted by molar-refractivity contribution is 0.344. The average molecular weight is 298 g/mol. The second-order valence-electron chi connectivity index (χ2n) is 6.01. The van der Waals surface area contributed by atoms with Gasteiger partial charge in [0.1, 0.15) is 0 Å². The first-order chi connectivity index (χ1) is 9.72. The van der Waals surface area contributed by atoms with Gasteiger partial charge < -0.3 is 5.32 Å². The van der Waals surface area contributed by atoms with Crippen LogP contribution in [-0.4, -0.2) is 21.7 Å². The lowest BCUT2D eigenvalue weighted by atomic mass is 9.89. The number of alkyl halides is 1. The van der Waals surface area contributed by atoms with Crippen molar-refractivity contribution in [2.75, 3.05) is 6.54 Å². The predicted octanol–water partition coefficient (Wildman–Crippen LogP) is 4.13. The number of aromatic nitrogens is 2. The van der Waals surface area contributed by atoms with Crippen molar-refractivity contribution < 1.29 is 0 Å². The van der Waals surface area contributed by atoms with E-state index >= 15 is 0 Å². The molecule has 0 saturated heterocycles. The van der Waals surface area contributed by atoms with Crippen molar-refractivity contribution in [3.63, 3.8) is 0 Å². The Bertz CT molecular complexity index is 379. The molecule has 1 heterocycles. The molecule has 1 aliphatic rings. The van der Waals surface area contributed by atoms with E-state index in [2.05, 4.69) is 41.2 Å². The van der Waals surface area contributed by atoms with Gasteiger partial charge in [-0.25, -0.2) is 0 Å². The highest BCUT2D eigenvalue weighted by molar-refractivity contribution is 6.20. The summed E-state index contributed by atoms with van der Waals surface area (Å²) >= 11 is 6.14. The van der Waals surface area contributed by atoms with Gasteiger partial charge in [0, 0.05) is 18.1 Å². The maximum atomic E-state index is 6.14. The zero-order valence-electron chi connectivity index (χ0n) is 12.8. The Hall–Kier alpha value is -0.540. The molecule has 3 nitrogen and oxygen atoms in total. The third-order valence-electron chi connectivity index (χ3n) is 4.50. The molecule has 114 valence electrons. The molecule has 0 spiro atoms. The molecule has 0 unspecified atom stereocenters. The predicted molar refractivity (Wildman–Crippen MR) is 85.2 cm³/mol.